The minimum atomic E-state index is -4.19. The summed E-state index contributed by atoms with van der Waals surface area (Å²) in [6.07, 6.45) is -0.127. The third-order valence-corrected chi connectivity index (χ3v) is 12.7. The molecular weight excluding hydrogens is 867 g/mol. The number of hydrazine groups is 1. The quantitative estimate of drug-likeness (QED) is 0.0298. The fourth-order valence-electron chi connectivity index (χ4n) is 7.83. The maximum absolute atomic E-state index is 14.2. The summed E-state index contributed by atoms with van der Waals surface area (Å²) in [4.78, 5) is 54.5. The largest absolute Gasteiger partial charge is 0.487 e. The predicted molar refractivity (Wildman–Crippen MR) is 252 cm³/mol. The van der Waals surface area contributed by atoms with Gasteiger partial charge in [0.2, 0.25) is 5.96 Å². The molecule has 0 bridgehead atoms. The van der Waals surface area contributed by atoms with Gasteiger partial charge in [0, 0.05) is 43.7 Å². The van der Waals surface area contributed by atoms with Gasteiger partial charge in [-0.1, -0.05) is 60.7 Å². The van der Waals surface area contributed by atoms with E-state index >= 15 is 0 Å². The summed E-state index contributed by atoms with van der Waals surface area (Å²) in [5.41, 5.74) is 5.65. The lowest BCUT2D eigenvalue weighted by molar-refractivity contribution is -0.137. The lowest BCUT2D eigenvalue weighted by Gasteiger charge is -2.33. The molecule has 0 spiro atoms. The molecule has 4 amide bonds. The van der Waals surface area contributed by atoms with Crippen molar-refractivity contribution in [3.63, 3.8) is 0 Å². The number of sulfonamides is 1. The molecule has 362 valence electrons. The van der Waals surface area contributed by atoms with Crippen LogP contribution in [0.25, 0.3) is 0 Å². The van der Waals surface area contributed by atoms with Crippen molar-refractivity contribution in [3.8, 4) is 5.75 Å². The van der Waals surface area contributed by atoms with E-state index in [1.165, 1.54) is 0 Å². The van der Waals surface area contributed by atoms with E-state index in [4.69, 9.17) is 19.6 Å². The number of rotatable bonds is 19. The van der Waals surface area contributed by atoms with Crippen LogP contribution >= 0.6 is 0 Å². The molecule has 0 saturated heterocycles. The average Bonchev–Trinajstić information content (AvgIpc) is 3.55. The number of amides is 4. The minimum Gasteiger partial charge on any atom is -0.487 e. The van der Waals surface area contributed by atoms with Crippen LogP contribution in [0.2, 0.25) is 0 Å². The van der Waals surface area contributed by atoms with E-state index in [1.54, 1.807) is 63.8 Å². The van der Waals surface area contributed by atoms with Crippen LogP contribution in [0.15, 0.2) is 65.6 Å². The summed E-state index contributed by atoms with van der Waals surface area (Å²) in [6, 6.07) is 16.6. The third-order valence-electron chi connectivity index (χ3n) is 11.1. The molecule has 1 aliphatic rings. The number of nitrogens with zero attached hydrogens (tertiary/aromatic N) is 2. The number of hydrogen-bond donors (Lipinski definition) is 6. The number of benzene rings is 3. The van der Waals surface area contributed by atoms with Gasteiger partial charge in [-0.25, -0.2) is 38.0 Å². The summed E-state index contributed by atoms with van der Waals surface area (Å²) in [6.45, 7) is 18.5. The SMILES string of the molecule is Cc1c(C)c(S(=O)(=O)NC(=N)NCCCC(CC(=O)O)NC(=O)N(C[C@@H](CCN(C(=O)OC(C)(C)C)C(C)C)Cc2ccccc2)NC(=O)OCc2ccccc2)c(C)c2c1OC(C)(C)C2. The number of carboxylic acids is 1. The molecule has 0 aliphatic carbocycles. The fraction of sp³-hybridized carbons (Fsp3) is 0.521. The van der Waals surface area contributed by atoms with Gasteiger partial charge in [0.25, 0.3) is 10.0 Å². The summed E-state index contributed by atoms with van der Waals surface area (Å²) in [5, 5.41) is 24.9. The molecule has 6 N–H and O–H groups in total. The number of aliphatic carboxylic acids is 1. The van der Waals surface area contributed by atoms with Crippen LogP contribution in [-0.4, -0.2) is 96.5 Å². The van der Waals surface area contributed by atoms with E-state index in [0.717, 1.165) is 21.7 Å². The zero-order chi connectivity index (χ0) is 49.0. The number of guanidine groups is 1. The van der Waals surface area contributed by atoms with E-state index in [2.05, 4.69) is 20.8 Å². The number of hydrogen-bond acceptors (Lipinski definition) is 10. The molecule has 66 heavy (non-hydrogen) atoms. The zero-order valence-electron chi connectivity index (χ0n) is 40.0. The minimum absolute atomic E-state index is 0.0481. The van der Waals surface area contributed by atoms with Gasteiger partial charge in [0.05, 0.1) is 11.3 Å². The zero-order valence-corrected chi connectivity index (χ0v) is 40.8. The van der Waals surface area contributed by atoms with Crippen LogP contribution in [0.3, 0.4) is 0 Å². The normalized spacial score (nSPS) is 13.9. The Kier molecular flexibility index (Phi) is 18.3. The Hall–Kier alpha value is -6.04. The Morgan fingerprint density at radius 2 is 1.55 bits per heavy atom. The molecule has 2 atom stereocenters. The van der Waals surface area contributed by atoms with Crippen LogP contribution in [-0.2, 0) is 43.7 Å². The lowest BCUT2D eigenvalue weighted by Crippen LogP contribution is -2.55. The highest BCUT2D eigenvalue weighted by atomic mass is 32.2. The maximum Gasteiger partial charge on any atom is 0.426 e. The first-order valence-electron chi connectivity index (χ1n) is 22.3. The molecule has 3 aromatic rings. The molecule has 3 aromatic carbocycles. The van der Waals surface area contributed by atoms with Gasteiger partial charge in [-0.3, -0.25) is 10.2 Å². The van der Waals surface area contributed by atoms with Crippen molar-refractivity contribution in [2.45, 2.75) is 143 Å². The number of ether oxygens (including phenoxy) is 3. The van der Waals surface area contributed by atoms with Gasteiger partial charge < -0.3 is 34.9 Å². The molecule has 4 rings (SSSR count). The van der Waals surface area contributed by atoms with Crippen LogP contribution < -0.4 is 25.5 Å². The highest BCUT2D eigenvalue weighted by Gasteiger charge is 2.37. The summed E-state index contributed by atoms with van der Waals surface area (Å²) in [5.74, 6) is -1.30. The van der Waals surface area contributed by atoms with Crippen molar-refractivity contribution in [1.82, 2.24) is 30.7 Å². The van der Waals surface area contributed by atoms with Gasteiger partial charge in [0.1, 0.15) is 23.6 Å². The molecule has 1 aliphatic heterocycles. The van der Waals surface area contributed by atoms with Crippen LogP contribution in [0.4, 0.5) is 14.4 Å². The third kappa shape index (κ3) is 15.8. The van der Waals surface area contributed by atoms with Gasteiger partial charge in [-0.2, -0.15) is 0 Å². The first-order valence-corrected chi connectivity index (χ1v) is 23.8. The number of carboxylic acid groups (broad SMARTS) is 1. The molecular formula is C48H69N7O10S. The van der Waals surface area contributed by atoms with E-state index in [-0.39, 0.29) is 55.9 Å². The van der Waals surface area contributed by atoms with Crippen LogP contribution in [0, 0.1) is 32.1 Å². The fourth-order valence-corrected chi connectivity index (χ4v) is 9.36. The summed E-state index contributed by atoms with van der Waals surface area (Å²) < 4.78 is 47.0. The Morgan fingerprint density at radius 3 is 2.14 bits per heavy atom. The van der Waals surface area contributed by atoms with E-state index in [9.17, 15) is 32.7 Å². The summed E-state index contributed by atoms with van der Waals surface area (Å²) in [7, 11) is -4.19. The van der Waals surface area contributed by atoms with Crippen molar-refractivity contribution in [2.75, 3.05) is 19.6 Å². The van der Waals surface area contributed by atoms with E-state index in [0.29, 0.717) is 41.7 Å². The Labute approximate surface area is 389 Å². The Morgan fingerprint density at radius 1 is 0.924 bits per heavy atom. The molecule has 17 nitrogen and oxygen atoms in total. The second kappa shape index (κ2) is 22.9. The molecule has 18 heteroatoms. The van der Waals surface area contributed by atoms with Gasteiger partial charge >= 0.3 is 24.2 Å². The smallest absolute Gasteiger partial charge is 0.426 e. The topological polar surface area (TPSA) is 229 Å². The lowest BCUT2D eigenvalue weighted by atomic mass is 9.94. The first kappa shape index (κ1) is 52.6. The molecule has 1 unspecified atom stereocenters. The maximum atomic E-state index is 14.2. The van der Waals surface area contributed by atoms with Crippen molar-refractivity contribution >= 4 is 40.2 Å². The first-order chi connectivity index (χ1) is 30.9. The van der Waals surface area contributed by atoms with Gasteiger partial charge in [-0.05, 0) is 129 Å². The number of fused-ring (bicyclic) bond motifs is 1. The predicted octanol–water partition coefficient (Wildman–Crippen LogP) is 7.50. The molecule has 0 aromatic heterocycles. The number of carbonyl (C=O) groups is 4. The highest BCUT2D eigenvalue weighted by molar-refractivity contribution is 7.90. The average molecular weight is 936 g/mol. The van der Waals surface area contributed by atoms with Gasteiger partial charge in [-0.15, -0.1) is 0 Å². The molecule has 0 saturated carbocycles. The number of nitrogens with one attached hydrogen (secondary N) is 5. The second-order valence-electron chi connectivity index (χ2n) is 18.7. The van der Waals surface area contributed by atoms with E-state index < -0.39 is 63.8 Å². The number of carbonyl (C=O) groups excluding carboxylic acids is 3. The standard InChI is InChI=1S/C48H69N7O10S/c1-31(2)54(46(60)65-47(6,7)8)25-23-37(26-35-18-13-11-14-19-35)29-55(52-45(59)63-30-36-20-15-12-16-21-36)44(58)51-38(27-40(56)57)22-17-24-50-43(49)53-66(61,62)42-33(4)32(3)41-39(34(42)5)28-48(9,10)64-41/h11-16,18-21,31,37-38H,17,22-30H2,1-10H3,(H,51,58)(H,52,59)(H,56,57)(H3,49,50,53)/t37-,38?/m0/s1. The van der Waals surface area contributed by atoms with Crippen molar-refractivity contribution < 1.29 is 46.9 Å². The van der Waals surface area contributed by atoms with Crippen molar-refractivity contribution in [3.05, 3.63) is 94.0 Å². The highest BCUT2D eigenvalue weighted by Crippen LogP contribution is 2.43. The second-order valence-corrected chi connectivity index (χ2v) is 20.4. The molecule has 0 fully saturated rings. The Balaban J connectivity index is 1.48. The number of urea groups is 1. The van der Waals surface area contributed by atoms with Gasteiger partial charge in [0.15, 0.2) is 0 Å². The van der Waals surface area contributed by atoms with E-state index in [1.807, 2.05) is 71.0 Å². The molecule has 1 heterocycles. The van der Waals surface area contributed by atoms with Crippen molar-refractivity contribution in [2.24, 2.45) is 5.92 Å². The summed E-state index contributed by atoms with van der Waals surface area (Å²) >= 11 is 0. The Bertz CT molecular complexity index is 2280. The molecule has 0 radical (unpaired) electrons. The van der Waals surface area contributed by atoms with Crippen molar-refractivity contribution in [1.29, 1.82) is 5.41 Å². The monoisotopic (exact) mass is 935 g/mol. The van der Waals surface area contributed by atoms with Crippen LogP contribution in [0.5, 0.6) is 5.75 Å². The van der Waals surface area contributed by atoms with Crippen LogP contribution in [0.1, 0.15) is 108 Å².